The van der Waals surface area contributed by atoms with Crippen molar-refractivity contribution < 1.29 is 4.74 Å². The lowest BCUT2D eigenvalue weighted by molar-refractivity contribution is 0.162. The summed E-state index contributed by atoms with van der Waals surface area (Å²) in [7, 11) is 0. The van der Waals surface area contributed by atoms with Crippen molar-refractivity contribution in [1.29, 1.82) is 0 Å². The SMILES string of the molecule is CC/C(=C\[C@@H](C)N)COCCN=[N+]=[N-]. The summed E-state index contributed by atoms with van der Waals surface area (Å²) in [6.45, 7) is 5.39. The molecule has 0 aromatic heterocycles. The Balaban J connectivity index is 3.68. The quantitative estimate of drug-likeness (QED) is 0.223. The molecule has 0 saturated carbocycles. The third kappa shape index (κ3) is 7.61. The van der Waals surface area contributed by atoms with Crippen LogP contribution in [0.5, 0.6) is 0 Å². The van der Waals surface area contributed by atoms with E-state index < -0.39 is 0 Å². The van der Waals surface area contributed by atoms with Crippen molar-refractivity contribution in [3.8, 4) is 0 Å². The van der Waals surface area contributed by atoms with Gasteiger partial charge in [0.05, 0.1) is 13.2 Å². The molecule has 0 aromatic carbocycles. The number of rotatable bonds is 7. The lowest BCUT2D eigenvalue weighted by Gasteiger charge is -2.07. The third-order valence-electron chi connectivity index (χ3n) is 1.64. The fourth-order valence-corrected chi connectivity index (χ4v) is 0.993. The van der Waals surface area contributed by atoms with Crippen molar-refractivity contribution in [3.05, 3.63) is 22.1 Å². The Kier molecular flexibility index (Phi) is 7.93. The molecule has 0 aromatic rings. The van der Waals surface area contributed by atoms with Gasteiger partial charge in [-0.15, -0.1) is 0 Å². The Morgan fingerprint density at radius 1 is 1.71 bits per heavy atom. The van der Waals surface area contributed by atoms with Crippen molar-refractivity contribution in [2.24, 2.45) is 10.8 Å². The van der Waals surface area contributed by atoms with Gasteiger partial charge >= 0.3 is 0 Å². The predicted molar refractivity (Wildman–Crippen MR) is 56.9 cm³/mol. The summed E-state index contributed by atoms with van der Waals surface area (Å²) in [5.74, 6) is 0. The summed E-state index contributed by atoms with van der Waals surface area (Å²) in [5.41, 5.74) is 14.8. The Morgan fingerprint density at radius 2 is 2.43 bits per heavy atom. The number of ether oxygens (including phenoxy) is 1. The normalized spacial score (nSPS) is 13.5. The molecular formula is C9H18N4O. The Hall–Kier alpha value is -1.03. The first-order chi connectivity index (χ1) is 6.70. The van der Waals surface area contributed by atoms with Gasteiger partial charge in [0.15, 0.2) is 0 Å². The molecular weight excluding hydrogens is 180 g/mol. The molecule has 2 N–H and O–H groups in total. The van der Waals surface area contributed by atoms with E-state index in [1.165, 1.54) is 5.57 Å². The highest BCUT2D eigenvalue weighted by molar-refractivity contribution is 5.05. The minimum atomic E-state index is 0.0608. The smallest absolute Gasteiger partial charge is 0.0677 e. The second-order valence-electron chi connectivity index (χ2n) is 3.04. The lowest BCUT2D eigenvalue weighted by Crippen LogP contribution is -2.13. The van der Waals surface area contributed by atoms with Gasteiger partial charge in [-0.2, -0.15) is 0 Å². The van der Waals surface area contributed by atoms with Gasteiger partial charge in [-0.1, -0.05) is 18.1 Å². The summed E-state index contributed by atoms with van der Waals surface area (Å²) < 4.78 is 5.30. The van der Waals surface area contributed by atoms with Crippen LogP contribution >= 0.6 is 0 Å². The standard InChI is InChI=1S/C9H18N4O/c1-3-9(6-8(2)10)7-14-5-4-12-13-11/h6,8H,3-5,7,10H2,1-2H3/b9-6+/t8-/m1/s1. The molecule has 5 heteroatoms. The first kappa shape index (κ1) is 13.0. The highest BCUT2D eigenvalue weighted by atomic mass is 16.5. The van der Waals surface area contributed by atoms with Gasteiger partial charge in [-0.05, 0) is 24.4 Å². The highest BCUT2D eigenvalue weighted by Crippen LogP contribution is 2.02. The van der Waals surface area contributed by atoms with Gasteiger partial charge in [0.1, 0.15) is 0 Å². The summed E-state index contributed by atoms with van der Waals surface area (Å²) in [5, 5.41) is 3.37. The molecule has 0 aliphatic carbocycles. The van der Waals surface area contributed by atoms with Crippen molar-refractivity contribution in [2.75, 3.05) is 19.8 Å². The molecule has 0 rings (SSSR count). The molecule has 0 aliphatic rings. The van der Waals surface area contributed by atoms with E-state index in [1.807, 2.05) is 13.0 Å². The number of nitrogens with two attached hydrogens (primary N) is 1. The Bertz CT molecular complexity index is 219. The number of azide groups is 1. The number of hydrogen-bond acceptors (Lipinski definition) is 3. The molecule has 14 heavy (non-hydrogen) atoms. The van der Waals surface area contributed by atoms with Gasteiger partial charge in [0.2, 0.25) is 0 Å². The molecule has 0 aliphatic heterocycles. The molecule has 5 nitrogen and oxygen atoms in total. The summed E-state index contributed by atoms with van der Waals surface area (Å²) >= 11 is 0. The van der Waals surface area contributed by atoms with E-state index in [9.17, 15) is 0 Å². The highest BCUT2D eigenvalue weighted by Gasteiger charge is 1.96. The molecule has 80 valence electrons. The van der Waals surface area contributed by atoms with Gasteiger partial charge in [-0.3, -0.25) is 0 Å². The van der Waals surface area contributed by atoms with Crippen LogP contribution < -0.4 is 5.73 Å². The molecule has 0 bridgehead atoms. The van der Waals surface area contributed by atoms with Gasteiger partial charge < -0.3 is 10.5 Å². The van der Waals surface area contributed by atoms with E-state index in [0.29, 0.717) is 19.8 Å². The van der Waals surface area contributed by atoms with Gasteiger partial charge in [0, 0.05) is 17.5 Å². The van der Waals surface area contributed by atoms with Gasteiger partial charge in [0.25, 0.3) is 0 Å². The fourth-order valence-electron chi connectivity index (χ4n) is 0.993. The summed E-state index contributed by atoms with van der Waals surface area (Å²) in [6.07, 6.45) is 2.93. The van der Waals surface area contributed by atoms with Crippen LogP contribution in [0.15, 0.2) is 16.8 Å². The van der Waals surface area contributed by atoms with Crippen LogP contribution in [0.1, 0.15) is 20.3 Å². The van der Waals surface area contributed by atoms with Crippen LogP contribution in [0.25, 0.3) is 10.4 Å². The Morgan fingerprint density at radius 3 is 2.93 bits per heavy atom. The maximum atomic E-state index is 8.01. The minimum absolute atomic E-state index is 0.0608. The molecule has 0 heterocycles. The average Bonchev–Trinajstić information content (AvgIpc) is 2.15. The maximum absolute atomic E-state index is 8.01. The molecule has 0 unspecified atom stereocenters. The monoisotopic (exact) mass is 198 g/mol. The molecule has 0 fully saturated rings. The van der Waals surface area contributed by atoms with Crippen molar-refractivity contribution in [1.82, 2.24) is 0 Å². The van der Waals surface area contributed by atoms with Crippen molar-refractivity contribution in [3.63, 3.8) is 0 Å². The molecule has 1 atom stereocenters. The zero-order chi connectivity index (χ0) is 10.8. The van der Waals surface area contributed by atoms with E-state index in [1.54, 1.807) is 0 Å². The minimum Gasteiger partial charge on any atom is -0.377 e. The van der Waals surface area contributed by atoms with Crippen LogP contribution in [0.4, 0.5) is 0 Å². The predicted octanol–water partition coefficient (Wildman–Crippen LogP) is 2.00. The zero-order valence-corrected chi connectivity index (χ0v) is 8.81. The second-order valence-corrected chi connectivity index (χ2v) is 3.04. The van der Waals surface area contributed by atoms with E-state index in [0.717, 1.165) is 6.42 Å². The van der Waals surface area contributed by atoms with E-state index in [2.05, 4.69) is 16.9 Å². The third-order valence-corrected chi connectivity index (χ3v) is 1.64. The largest absolute Gasteiger partial charge is 0.377 e. The number of hydrogen-bond donors (Lipinski definition) is 1. The molecule has 0 spiro atoms. The van der Waals surface area contributed by atoms with Crippen molar-refractivity contribution >= 4 is 0 Å². The van der Waals surface area contributed by atoms with E-state index in [4.69, 9.17) is 16.0 Å². The maximum Gasteiger partial charge on any atom is 0.0677 e. The average molecular weight is 198 g/mol. The summed E-state index contributed by atoms with van der Waals surface area (Å²) in [6, 6.07) is 0.0608. The van der Waals surface area contributed by atoms with E-state index in [-0.39, 0.29) is 6.04 Å². The second kappa shape index (κ2) is 8.56. The topological polar surface area (TPSA) is 84.0 Å². The van der Waals surface area contributed by atoms with Gasteiger partial charge in [-0.25, -0.2) is 0 Å². The fraction of sp³-hybridized carbons (Fsp3) is 0.778. The van der Waals surface area contributed by atoms with E-state index >= 15 is 0 Å². The zero-order valence-electron chi connectivity index (χ0n) is 8.81. The van der Waals surface area contributed by atoms with Crippen LogP contribution in [0.3, 0.4) is 0 Å². The van der Waals surface area contributed by atoms with Crippen LogP contribution in [-0.4, -0.2) is 25.8 Å². The molecule has 0 amide bonds. The molecule has 0 saturated heterocycles. The number of nitrogens with zero attached hydrogens (tertiary/aromatic N) is 3. The van der Waals surface area contributed by atoms with Crippen LogP contribution in [0.2, 0.25) is 0 Å². The lowest BCUT2D eigenvalue weighted by atomic mass is 10.1. The Labute approximate surface area is 84.6 Å². The van der Waals surface area contributed by atoms with Crippen molar-refractivity contribution in [2.45, 2.75) is 26.3 Å². The van der Waals surface area contributed by atoms with Crippen LogP contribution in [-0.2, 0) is 4.74 Å². The first-order valence-electron chi connectivity index (χ1n) is 4.74. The van der Waals surface area contributed by atoms with Crippen LogP contribution in [0, 0.1) is 0 Å². The summed E-state index contributed by atoms with van der Waals surface area (Å²) in [4.78, 5) is 2.63. The molecule has 0 radical (unpaired) electrons. The first-order valence-corrected chi connectivity index (χ1v) is 4.74.